The van der Waals surface area contributed by atoms with Gasteiger partial charge in [0.1, 0.15) is 5.01 Å². The first-order chi connectivity index (χ1) is 13.2. The van der Waals surface area contributed by atoms with E-state index < -0.39 is 0 Å². The number of carbonyl (C=O) groups excluding carboxylic acids is 2. The van der Waals surface area contributed by atoms with Crippen molar-refractivity contribution in [3.63, 3.8) is 0 Å². The van der Waals surface area contributed by atoms with E-state index in [0.29, 0.717) is 28.6 Å². The number of fused-ring (bicyclic) bond motifs is 1. The number of aromatic nitrogens is 2. The average Bonchev–Trinajstić information content (AvgIpc) is 3.40. The first-order valence-electron chi connectivity index (χ1n) is 8.99. The Labute approximate surface area is 160 Å². The summed E-state index contributed by atoms with van der Waals surface area (Å²) in [6.45, 7) is 2.91. The zero-order chi connectivity index (χ0) is 18.8. The molecule has 0 aliphatic carbocycles. The molecule has 9 heteroatoms. The van der Waals surface area contributed by atoms with Crippen LogP contribution in [0.3, 0.4) is 0 Å². The summed E-state index contributed by atoms with van der Waals surface area (Å²) in [7, 11) is 0. The van der Waals surface area contributed by atoms with E-state index in [2.05, 4.69) is 15.5 Å². The maximum absolute atomic E-state index is 12.5. The molecule has 0 bridgehead atoms. The van der Waals surface area contributed by atoms with Gasteiger partial charge in [-0.25, -0.2) is 0 Å². The lowest BCUT2D eigenvalue weighted by atomic mass is 10.2. The highest BCUT2D eigenvalue weighted by Gasteiger charge is 2.32. The number of anilines is 1. The summed E-state index contributed by atoms with van der Waals surface area (Å²) >= 11 is 1.24. The van der Waals surface area contributed by atoms with E-state index in [0.717, 1.165) is 25.8 Å². The van der Waals surface area contributed by atoms with E-state index >= 15 is 0 Å². The van der Waals surface area contributed by atoms with E-state index in [1.54, 1.807) is 18.2 Å². The molecule has 1 unspecified atom stereocenters. The predicted octanol–water partition coefficient (Wildman–Crippen LogP) is 2.98. The van der Waals surface area contributed by atoms with Crippen molar-refractivity contribution < 1.29 is 19.1 Å². The van der Waals surface area contributed by atoms with Crippen molar-refractivity contribution in [3.05, 3.63) is 28.2 Å². The van der Waals surface area contributed by atoms with Gasteiger partial charge in [0.25, 0.3) is 5.91 Å². The number of hydrogen-bond acceptors (Lipinski definition) is 7. The van der Waals surface area contributed by atoms with Gasteiger partial charge in [-0.3, -0.25) is 9.59 Å². The quantitative estimate of drug-likeness (QED) is 0.846. The molecule has 0 radical (unpaired) electrons. The van der Waals surface area contributed by atoms with Gasteiger partial charge in [0.15, 0.2) is 11.5 Å². The standard InChI is InChI=1S/C18H20N4O4S/c1-2-4-15(23)22-8-3-5-12(22)17-20-21-18(27-17)16(24)19-11-6-7-13-14(9-11)26-10-25-13/h6-7,9,12H,2-5,8,10H2,1H3,(H,19,24). The van der Waals surface area contributed by atoms with Crippen LogP contribution in [-0.2, 0) is 4.79 Å². The third-order valence-electron chi connectivity index (χ3n) is 4.59. The van der Waals surface area contributed by atoms with Crippen molar-refractivity contribution in [2.45, 2.75) is 38.6 Å². The SMILES string of the molecule is CCCC(=O)N1CCCC1c1nnc(C(=O)Nc2ccc3c(c2)OCO3)s1. The number of likely N-dealkylation sites (tertiary alicyclic amines) is 1. The minimum atomic E-state index is -0.331. The molecule has 3 heterocycles. The van der Waals surface area contributed by atoms with E-state index in [9.17, 15) is 9.59 Å². The van der Waals surface area contributed by atoms with E-state index in [1.165, 1.54) is 11.3 Å². The lowest BCUT2D eigenvalue weighted by molar-refractivity contribution is -0.132. The molecule has 2 amide bonds. The molecule has 1 atom stereocenters. The van der Waals surface area contributed by atoms with Crippen LogP contribution in [0.15, 0.2) is 18.2 Å². The second-order valence-electron chi connectivity index (χ2n) is 6.46. The third-order valence-corrected chi connectivity index (χ3v) is 5.61. The van der Waals surface area contributed by atoms with Gasteiger partial charge in [-0.2, -0.15) is 0 Å². The molecule has 1 N–H and O–H groups in total. The molecule has 27 heavy (non-hydrogen) atoms. The molecular weight excluding hydrogens is 368 g/mol. The van der Waals surface area contributed by atoms with Crippen molar-refractivity contribution >= 4 is 28.8 Å². The van der Waals surface area contributed by atoms with Gasteiger partial charge in [0.2, 0.25) is 17.7 Å². The summed E-state index contributed by atoms with van der Waals surface area (Å²) in [4.78, 5) is 26.7. The average molecular weight is 388 g/mol. The van der Waals surface area contributed by atoms with Crippen LogP contribution in [0.1, 0.15) is 53.5 Å². The monoisotopic (exact) mass is 388 g/mol. The van der Waals surface area contributed by atoms with Crippen molar-refractivity contribution in [2.24, 2.45) is 0 Å². The molecule has 2 aliphatic rings. The van der Waals surface area contributed by atoms with Gasteiger partial charge >= 0.3 is 0 Å². The van der Waals surface area contributed by atoms with Crippen molar-refractivity contribution in [1.29, 1.82) is 0 Å². The Bertz CT molecular complexity index is 869. The van der Waals surface area contributed by atoms with Crippen LogP contribution in [0.2, 0.25) is 0 Å². The lowest BCUT2D eigenvalue weighted by Gasteiger charge is -2.22. The molecule has 1 aromatic carbocycles. The number of benzene rings is 1. The second-order valence-corrected chi connectivity index (χ2v) is 7.47. The van der Waals surface area contributed by atoms with Gasteiger partial charge in [0.05, 0.1) is 6.04 Å². The van der Waals surface area contributed by atoms with Gasteiger partial charge in [-0.05, 0) is 31.4 Å². The maximum Gasteiger partial charge on any atom is 0.286 e. The summed E-state index contributed by atoms with van der Waals surface area (Å²) in [6, 6.07) is 5.13. The Morgan fingerprint density at radius 3 is 3.00 bits per heavy atom. The minimum Gasteiger partial charge on any atom is -0.454 e. The first-order valence-corrected chi connectivity index (χ1v) is 9.81. The highest BCUT2D eigenvalue weighted by molar-refractivity contribution is 7.13. The molecule has 2 aliphatic heterocycles. The summed E-state index contributed by atoms with van der Waals surface area (Å²) < 4.78 is 10.6. The van der Waals surface area contributed by atoms with Gasteiger partial charge in [-0.1, -0.05) is 18.3 Å². The number of amides is 2. The molecule has 0 spiro atoms. The lowest BCUT2D eigenvalue weighted by Crippen LogP contribution is -2.30. The molecule has 4 rings (SSSR count). The molecule has 142 valence electrons. The fourth-order valence-electron chi connectivity index (χ4n) is 3.30. The number of rotatable bonds is 5. The molecule has 1 aromatic heterocycles. The molecule has 0 saturated carbocycles. The van der Waals surface area contributed by atoms with Gasteiger partial charge in [-0.15, -0.1) is 10.2 Å². The largest absolute Gasteiger partial charge is 0.454 e. The molecule has 8 nitrogen and oxygen atoms in total. The van der Waals surface area contributed by atoms with Crippen LogP contribution in [0, 0.1) is 0 Å². The van der Waals surface area contributed by atoms with Gasteiger partial charge in [0, 0.05) is 24.7 Å². The summed E-state index contributed by atoms with van der Waals surface area (Å²) in [6.07, 6.45) is 3.15. The Kier molecular flexibility index (Phi) is 4.93. The van der Waals surface area contributed by atoms with Crippen LogP contribution in [0.25, 0.3) is 0 Å². The zero-order valence-electron chi connectivity index (χ0n) is 14.9. The van der Waals surface area contributed by atoms with Crippen LogP contribution >= 0.6 is 11.3 Å². The topological polar surface area (TPSA) is 93.7 Å². The summed E-state index contributed by atoms with van der Waals surface area (Å²) in [5.74, 6) is 1.06. The smallest absolute Gasteiger partial charge is 0.286 e. The predicted molar refractivity (Wildman–Crippen MR) is 99.0 cm³/mol. The fraction of sp³-hybridized carbons (Fsp3) is 0.444. The second kappa shape index (κ2) is 7.51. The third kappa shape index (κ3) is 3.59. The first kappa shape index (κ1) is 17.7. The van der Waals surface area contributed by atoms with Crippen LogP contribution in [-0.4, -0.2) is 40.2 Å². The number of ether oxygens (including phenoxy) is 2. The number of carbonyl (C=O) groups is 2. The van der Waals surface area contributed by atoms with Crippen molar-refractivity contribution in [1.82, 2.24) is 15.1 Å². The molecular formula is C18H20N4O4S. The molecule has 1 fully saturated rings. The molecule has 2 aromatic rings. The van der Waals surface area contributed by atoms with Crippen molar-refractivity contribution in [2.75, 3.05) is 18.7 Å². The van der Waals surface area contributed by atoms with E-state index in [4.69, 9.17) is 9.47 Å². The number of hydrogen-bond donors (Lipinski definition) is 1. The Hall–Kier alpha value is -2.68. The van der Waals surface area contributed by atoms with E-state index in [1.807, 2.05) is 11.8 Å². The number of nitrogens with zero attached hydrogens (tertiary/aromatic N) is 3. The minimum absolute atomic E-state index is 0.0753. The Morgan fingerprint density at radius 1 is 1.30 bits per heavy atom. The van der Waals surface area contributed by atoms with Crippen LogP contribution in [0.5, 0.6) is 11.5 Å². The van der Waals surface area contributed by atoms with Crippen LogP contribution in [0.4, 0.5) is 5.69 Å². The van der Waals surface area contributed by atoms with Crippen LogP contribution < -0.4 is 14.8 Å². The zero-order valence-corrected chi connectivity index (χ0v) is 15.8. The summed E-state index contributed by atoms with van der Waals surface area (Å²) in [5, 5.41) is 12.0. The van der Waals surface area contributed by atoms with Crippen molar-refractivity contribution in [3.8, 4) is 11.5 Å². The Balaban J connectivity index is 1.45. The van der Waals surface area contributed by atoms with E-state index in [-0.39, 0.29) is 29.7 Å². The normalized spacial score (nSPS) is 18.0. The molecule has 1 saturated heterocycles. The number of nitrogens with one attached hydrogen (secondary N) is 1. The Morgan fingerprint density at radius 2 is 2.15 bits per heavy atom. The fourth-order valence-corrected chi connectivity index (χ4v) is 4.19. The summed E-state index contributed by atoms with van der Waals surface area (Å²) in [5.41, 5.74) is 0.599. The highest BCUT2D eigenvalue weighted by atomic mass is 32.1. The highest BCUT2D eigenvalue weighted by Crippen LogP contribution is 2.36. The van der Waals surface area contributed by atoms with Gasteiger partial charge < -0.3 is 19.7 Å². The maximum atomic E-state index is 12.5.